The average molecular weight is 410 g/mol. The molecule has 0 atom stereocenters. The lowest BCUT2D eigenvalue weighted by Crippen LogP contribution is -2.38. The Kier molecular flexibility index (Phi) is 4.64. The van der Waals surface area contributed by atoms with Crippen LogP contribution in [0.2, 0.25) is 0 Å². The Hall–Kier alpha value is -2.64. The number of fused-ring (bicyclic) bond motifs is 3. The number of rotatable bonds is 4. The number of sulfonamides is 1. The predicted molar refractivity (Wildman–Crippen MR) is 108 cm³/mol. The Morgan fingerprint density at radius 2 is 1.86 bits per heavy atom. The summed E-state index contributed by atoms with van der Waals surface area (Å²) in [6.45, 7) is 1.47. The molecule has 6 nitrogen and oxygen atoms in total. The van der Waals surface area contributed by atoms with Crippen molar-refractivity contribution in [2.24, 2.45) is 5.92 Å². The highest BCUT2D eigenvalue weighted by molar-refractivity contribution is 7.89. The molecule has 0 aliphatic carbocycles. The lowest BCUT2D eigenvalue weighted by atomic mass is 9.91. The molecule has 0 amide bonds. The zero-order valence-electron chi connectivity index (χ0n) is 16.0. The maximum Gasteiger partial charge on any atom is 0.243 e. The third-order valence-electron chi connectivity index (χ3n) is 5.80. The van der Waals surface area contributed by atoms with Crippen molar-refractivity contribution in [2.75, 3.05) is 13.1 Å². The quantitative estimate of drug-likeness (QED) is 0.653. The molecule has 0 saturated carbocycles. The van der Waals surface area contributed by atoms with Crippen LogP contribution < -0.4 is 4.74 Å². The number of benzene rings is 2. The van der Waals surface area contributed by atoms with Crippen LogP contribution in [0.4, 0.5) is 0 Å². The first-order valence-corrected chi connectivity index (χ1v) is 11.3. The van der Waals surface area contributed by atoms with E-state index in [1.807, 2.05) is 6.07 Å². The highest BCUT2D eigenvalue weighted by atomic mass is 32.2. The van der Waals surface area contributed by atoms with Gasteiger partial charge in [0.05, 0.1) is 22.2 Å². The molecule has 2 aliphatic rings. The summed E-state index contributed by atoms with van der Waals surface area (Å²) in [6, 6.07) is 15.4. The van der Waals surface area contributed by atoms with E-state index in [9.17, 15) is 8.42 Å². The molecule has 0 unspecified atom stereocenters. The fraction of sp³-hybridized carbons (Fsp3) is 0.318. The molecule has 150 valence electrons. The molecule has 0 spiro atoms. The van der Waals surface area contributed by atoms with Crippen LogP contribution in [0.15, 0.2) is 64.1 Å². The summed E-state index contributed by atoms with van der Waals surface area (Å²) in [5.74, 6) is 1.72. The second-order valence-corrected chi connectivity index (χ2v) is 9.60. The lowest BCUT2D eigenvalue weighted by molar-refractivity contribution is 0.272. The van der Waals surface area contributed by atoms with Crippen molar-refractivity contribution >= 4 is 10.0 Å². The molecule has 7 heteroatoms. The van der Waals surface area contributed by atoms with Crippen molar-refractivity contribution in [3.05, 3.63) is 65.9 Å². The van der Waals surface area contributed by atoms with Gasteiger partial charge in [-0.05, 0) is 48.9 Å². The van der Waals surface area contributed by atoms with Gasteiger partial charge < -0.3 is 9.26 Å². The highest BCUT2D eigenvalue weighted by Gasteiger charge is 2.31. The molecule has 1 fully saturated rings. The molecular formula is C22H22N2O4S. The third-order valence-corrected chi connectivity index (χ3v) is 7.70. The molecule has 0 N–H and O–H groups in total. The Labute approximate surface area is 170 Å². The van der Waals surface area contributed by atoms with Crippen LogP contribution in [0.25, 0.3) is 11.3 Å². The van der Waals surface area contributed by atoms with Gasteiger partial charge in [-0.25, -0.2) is 8.42 Å². The van der Waals surface area contributed by atoms with E-state index in [1.54, 1.807) is 28.7 Å². The topological polar surface area (TPSA) is 72.6 Å². The van der Waals surface area contributed by atoms with Gasteiger partial charge in [-0.3, -0.25) is 0 Å². The fourth-order valence-corrected chi connectivity index (χ4v) is 5.66. The first kappa shape index (κ1) is 18.4. The fourth-order valence-electron chi connectivity index (χ4n) is 4.16. The van der Waals surface area contributed by atoms with Gasteiger partial charge in [-0.2, -0.15) is 4.31 Å². The maximum absolute atomic E-state index is 13.2. The Bertz CT molecular complexity index is 1120. The third kappa shape index (κ3) is 3.45. The summed E-state index contributed by atoms with van der Waals surface area (Å²) in [5, 5.41) is 3.81. The monoisotopic (exact) mass is 410 g/mol. The molecule has 2 aromatic carbocycles. The van der Waals surface area contributed by atoms with Crippen molar-refractivity contribution in [3.63, 3.8) is 0 Å². The van der Waals surface area contributed by atoms with Crippen LogP contribution >= 0.6 is 0 Å². The van der Waals surface area contributed by atoms with Gasteiger partial charge in [0.15, 0.2) is 5.76 Å². The minimum absolute atomic E-state index is 0.269. The van der Waals surface area contributed by atoms with Crippen molar-refractivity contribution in [2.45, 2.75) is 30.8 Å². The summed E-state index contributed by atoms with van der Waals surface area (Å²) in [5.41, 5.74) is 2.78. The van der Waals surface area contributed by atoms with Gasteiger partial charge in [0.25, 0.3) is 0 Å². The molecule has 3 aromatic rings. The first-order valence-electron chi connectivity index (χ1n) is 9.86. The summed E-state index contributed by atoms with van der Waals surface area (Å²) >= 11 is 0. The van der Waals surface area contributed by atoms with E-state index in [0.29, 0.717) is 42.7 Å². The molecule has 2 aliphatic heterocycles. The van der Waals surface area contributed by atoms with Crippen LogP contribution in [0.5, 0.6) is 5.75 Å². The number of nitrogens with zero attached hydrogens (tertiary/aromatic N) is 2. The Morgan fingerprint density at radius 3 is 2.66 bits per heavy atom. The Balaban J connectivity index is 1.33. The van der Waals surface area contributed by atoms with Gasteiger partial charge in [-0.15, -0.1) is 0 Å². The molecule has 0 bridgehead atoms. The molecule has 3 heterocycles. The number of hydrogen-bond acceptors (Lipinski definition) is 5. The van der Waals surface area contributed by atoms with E-state index >= 15 is 0 Å². The van der Waals surface area contributed by atoms with E-state index in [1.165, 1.54) is 5.56 Å². The summed E-state index contributed by atoms with van der Waals surface area (Å²) in [4.78, 5) is 0.269. The summed E-state index contributed by atoms with van der Waals surface area (Å²) in [6.07, 6.45) is 4.35. The molecule has 1 saturated heterocycles. The van der Waals surface area contributed by atoms with Crippen molar-refractivity contribution < 1.29 is 17.7 Å². The Morgan fingerprint density at radius 1 is 1.07 bits per heavy atom. The minimum atomic E-state index is -3.56. The van der Waals surface area contributed by atoms with Crippen LogP contribution in [0.3, 0.4) is 0 Å². The van der Waals surface area contributed by atoms with Gasteiger partial charge in [0.1, 0.15) is 12.4 Å². The van der Waals surface area contributed by atoms with Gasteiger partial charge in [0, 0.05) is 13.1 Å². The van der Waals surface area contributed by atoms with Crippen molar-refractivity contribution in [1.82, 2.24) is 9.46 Å². The van der Waals surface area contributed by atoms with Crippen LogP contribution in [-0.2, 0) is 23.1 Å². The molecule has 0 radical (unpaired) electrons. The highest BCUT2D eigenvalue weighted by Crippen LogP contribution is 2.39. The molecule has 1 aromatic heterocycles. The standard InChI is InChI=1S/C22H22N2O4S/c25-29(26,24-10-8-17(9-11-24)12-16-4-2-1-3-5-16)19-6-7-21-20(13-19)22-18(15-27-21)14-23-28-22/h1-7,13-14,17H,8-12,15H2. The smallest absolute Gasteiger partial charge is 0.243 e. The van der Waals surface area contributed by atoms with E-state index in [4.69, 9.17) is 9.26 Å². The van der Waals surface area contributed by atoms with Gasteiger partial charge in [0.2, 0.25) is 10.0 Å². The normalized spacial score (nSPS) is 17.4. The summed E-state index contributed by atoms with van der Waals surface area (Å²) in [7, 11) is -3.56. The lowest BCUT2D eigenvalue weighted by Gasteiger charge is -2.31. The predicted octanol–water partition coefficient (Wildman–Crippen LogP) is 3.88. The zero-order chi connectivity index (χ0) is 19.8. The second kappa shape index (κ2) is 7.31. The van der Waals surface area contributed by atoms with Crippen molar-refractivity contribution in [1.29, 1.82) is 0 Å². The average Bonchev–Trinajstić information content (AvgIpc) is 3.24. The summed E-state index contributed by atoms with van der Waals surface area (Å²) < 4.78 is 39.1. The van der Waals surface area contributed by atoms with Crippen LogP contribution in [0, 0.1) is 5.92 Å². The van der Waals surface area contributed by atoms with E-state index in [-0.39, 0.29) is 4.90 Å². The number of aromatic nitrogens is 1. The van der Waals surface area contributed by atoms with E-state index < -0.39 is 10.0 Å². The largest absolute Gasteiger partial charge is 0.488 e. The second-order valence-electron chi connectivity index (χ2n) is 7.66. The van der Waals surface area contributed by atoms with Gasteiger partial charge >= 0.3 is 0 Å². The first-order chi connectivity index (χ1) is 14.1. The van der Waals surface area contributed by atoms with Crippen LogP contribution in [0.1, 0.15) is 24.0 Å². The molecule has 5 rings (SSSR count). The zero-order valence-corrected chi connectivity index (χ0v) is 16.8. The van der Waals surface area contributed by atoms with Gasteiger partial charge in [-0.1, -0.05) is 35.5 Å². The maximum atomic E-state index is 13.2. The van der Waals surface area contributed by atoms with E-state index in [0.717, 1.165) is 24.8 Å². The number of hydrogen-bond donors (Lipinski definition) is 0. The SMILES string of the molecule is O=S(=O)(c1ccc2c(c1)-c1oncc1CO2)N1CCC(Cc2ccccc2)CC1. The van der Waals surface area contributed by atoms with Crippen molar-refractivity contribution in [3.8, 4) is 17.1 Å². The molecular weight excluding hydrogens is 388 g/mol. The number of ether oxygens (including phenoxy) is 1. The minimum Gasteiger partial charge on any atom is -0.488 e. The van der Waals surface area contributed by atoms with Crippen LogP contribution in [-0.4, -0.2) is 31.0 Å². The number of piperidine rings is 1. The van der Waals surface area contributed by atoms with E-state index in [2.05, 4.69) is 29.4 Å². The molecule has 29 heavy (non-hydrogen) atoms.